The number of ketones is 1. The van der Waals surface area contributed by atoms with Crippen LogP contribution in [0.1, 0.15) is 15.9 Å². The molecule has 1 N–H and O–H groups in total. The maximum atomic E-state index is 12.0. The zero-order valence-electron chi connectivity index (χ0n) is 11.4. The van der Waals surface area contributed by atoms with Crippen LogP contribution in [0.3, 0.4) is 0 Å². The third kappa shape index (κ3) is 3.54. The lowest BCUT2D eigenvalue weighted by Gasteiger charge is -2.03. The van der Waals surface area contributed by atoms with Gasteiger partial charge in [0.2, 0.25) is 0 Å². The second-order valence-corrected chi connectivity index (χ2v) is 4.34. The predicted molar refractivity (Wildman–Crippen MR) is 82.4 cm³/mol. The first-order chi connectivity index (χ1) is 10.1. The average Bonchev–Trinajstić information content (AvgIpc) is 2.52. The number of nitrogens with zero attached hydrogens (tertiary/aromatic N) is 1. The van der Waals surface area contributed by atoms with Crippen LogP contribution < -0.4 is 5.32 Å². The highest BCUT2D eigenvalue weighted by Gasteiger charge is 2.07. The van der Waals surface area contributed by atoms with Gasteiger partial charge < -0.3 is 5.32 Å². The Morgan fingerprint density at radius 2 is 1.81 bits per heavy atom. The maximum absolute atomic E-state index is 12.0. The van der Waals surface area contributed by atoms with Crippen LogP contribution in [0.5, 0.6) is 0 Å². The van der Waals surface area contributed by atoms with Gasteiger partial charge in [-0.05, 0) is 35.9 Å². The summed E-state index contributed by atoms with van der Waals surface area (Å²) >= 11 is 0. The van der Waals surface area contributed by atoms with E-state index in [1.165, 1.54) is 30.3 Å². The molecule has 0 amide bonds. The fraction of sp³-hybridized carbons (Fsp3) is 0.0625. The maximum Gasteiger partial charge on any atom is 0.269 e. The van der Waals surface area contributed by atoms with Crippen molar-refractivity contribution in [3.8, 4) is 0 Å². The standard InChI is InChI=1S/C16H14N2O3/c1-17-15-5-3-2-4-12(15)8-11-16(19)13-6-9-14(10-7-13)18(20)21/h2-11,17H,1H3. The summed E-state index contributed by atoms with van der Waals surface area (Å²) in [7, 11) is 1.81. The number of allylic oxidation sites excluding steroid dienone is 1. The van der Waals surface area contributed by atoms with Crippen molar-refractivity contribution in [1.29, 1.82) is 0 Å². The monoisotopic (exact) mass is 282 g/mol. The van der Waals surface area contributed by atoms with Gasteiger partial charge in [0.15, 0.2) is 5.78 Å². The Labute approximate surface area is 122 Å². The van der Waals surface area contributed by atoms with Gasteiger partial charge in [0.05, 0.1) is 4.92 Å². The lowest BCUT2D eigenvalue weighted by molar-refractivity contribution is -0.384. The second kappa shape index (κ2) is 6.47. The molecule has 0 fully saturated rings. The molecule has 0 aliphatic carbocycles. The molecule has 0 atom stereocenters. The molecule has 0 heterocycles. The molecule has 21 heavy (non-hydrogen) atoms. The third-order valence-electron chi connectivity index (χ3n) is 3.01. The normalized spacial score (nSPS) is 10.5. The SMILES string of the molecule is CNc1ccccc1C=CC(=O)c1ccc([N+](=O)[O-])cc1. The highest BCUT2D eigenvalue weighted by atomic mass is 16.6. The lowest BCUT2D eigenvalue weighted by atomic mass is 10.1. The number of anilines is 1. The number of carbonyl (C=O) groups excluding carboxylic acids is 1. The van der Waals surface area contributed by atoms with Crippen LogP contribution in [0.2, 0.25) is 0 Å². The molecule has 106 valence electrons. The Morgan fingerprint density at radius 1 is 1.14 bits per heavy atom. The second-order valence-electron chi connectivity index (χ2n) is 4.34. The van der Waals surface area contributed by atoms with E-state index in [1.807, 2.05) is 31.3 Å². The van der Waals surface area contributed by atoms with Crippen molar-refractivity contribution >= 4 is 23.2 Å². The van der Waals surface area contributed by atoms with Crippen LogP contribution in [-0.4, -0.2) is 17.8 Å². The first-order valence-electron chi connectivity index (χ1n) is 6.35. The van der Waals surface area contributed by atoms with Gasteiger partial charge in [-0.25, -0.2) is 0 Å². The molecule has 0 aromatic heterocycles. The van der Waals surface area contributed by atoms with E-state index in [0.29, 0.717) is 5.56 Å². The number of hydrogen-bond acceptors (Lipinski definition) is 4. The van der Waals surface area contributed by atoms with Gasteiger partial charge in [-0.3, -0.25) is 14.9 Å². The quantitative estimate of drug-likeness (QED) is 0.394. The van der Waals surface area contributed by atoms with Gasteiger partial charge in [0.1, 0.15) is 0 Å². The Bertz CT molecular complexity index is 691. The number of nitrogens with one attached hydrogen (secondary N) is 1. The molecule has 5 heteroatoms. The molecule has 0 radical (unpaired) electrons. The Kier molecular flexibility index (Phi) is 4.46. The van der Waals surface area contributed by atoms with Gasteiger partial charge in [0.25, 0.3) is 5.69 Å². The number of para-hydroxylation sites is 1. The zero-order chi connectivity index (χ0) is 15.2. The molecule has 0 bridgehead atoms. The van der Waals surface area contributed by atoms with Crippen LogP contribution in [0.4, 0.5) is 11.4 Å². The molecule has 0 unspecified atom stereocenters. The van der Waals surface area contributed by atoms with Gasteiger partial charge in [-0.2, -0.15) is 0 Å². The van der Waals surface area contributed by atoms with Crippen molar-refractivity contribution in [3.63, 3.8) is 0 Å². The number of nitro groups is 1. The van der Waals surface area contributed by atoms with E-state index in [2.05, 4.69) is 5.32 Å². The molecule has 2 aromatic rings. The number of carbonyl (C=O) groups is 1. The van der Waals surface area contributed by atoms with E-state index in [-0.39, 0.29) is 11.5 Å². The van der Waals surface area contributed by atoms with Gasteiger partial charge in [0, 0.05) is 30.4 Å². The summed E-state index contributed by atoms with van der Waals surface area (Å²) in [5.74, 6) is -0.198. The van der Waals surface area contributed by atoms with Crippen LogP contribution >= 0.6 is 0 Å². The van der Waals surface area contributed by atoms with Crippen molar-refractivity contribution in [1.82, 2.24) is 0 Å². The molecule has 5 nitrogen and oxygen atoms in total. The lowest BCUT2D eigenvalue weighted by Crippen LogP contribution is -1.96. The molecule has 0 saturated heterocycles. The van der Waals surface area contributed by atoms with Crippen molar-refractivity contribution in [2.45, 2.75) is 0 Å². The average molecular weight is 282 g/mol. The first-order valence-corrected chi connectivity index (χ1v) is 6.35. The summed E-state index contributed by atoms with van der Waals surface area (Å²) in [6, 6.07) is 13.1. The summed E-state index contributed by atoms with van der Waals surface area (Å²) in [5.41, 5.74) is 2.20. The van der Waals surface area contributed by atoms with Crippen LogP contribution in [0.15, 0.2) is 54.6 Å². The largest absolute Gasteiger partial charge is 0.388 e. The van der Waals surface area contributed by atoms with Crippen molar-refractivity contribution in [3.05, 3.63) is 75.8 Å². The van der Waals surface area contributed by atoms with Crippen molar-refractivity contribution in [2.24, 2.45) is 0 Å². The van der Waals surface area contributed by atoms with E-state index in [0.717, 1.165) is 11.3 Å². The van der Waals surface area contributed by atoms with Gasteiger partial charge in [-0.15, -0.1) is 0 Å². The number of benzene rings is 2. The number of nitro benzene ring substituents is 1. The van der Waals surface area contributed by atoms with E-state index in [4.69, 9.17) is 0 Å². The number of non-ortho nitro benzene ring substituents is 1. The molecule has 0 spiro atoms. The Hall–Kier alpha value is -2.95. The summed E-state index contributed by atoms with van der Waals surface area (Å²) in [5, 5.41) is 13.6. The van der Waals surface area contributed by atoms with E-state index >= 15 is 0 Å². The molecule has 2 rings (SSSR count). The van der Waals surface area contributed by atoms with E-state index in [1.54, 1.807) is 6.08 Å². The topological polar surface area (TPSA) is 72.2 Å². The molecular formula is C16H14N2O3. The van der Waals surface area contributed by atoms with Crippen LogP contribution in [0, 0.1) is 10.1 Å². The number of rotatable bonds is 5. The van der Waals surface area contributed by atoms with Crippen LogP contribution in [-0.2, 0) is 0 Å². The smallest absolute Gasteiger partial charge is 0.269 e. The van der Waals surface area contributed by atoms with Crippen molar-refractivity contribution < 1.29 is 9.72 Å². The zero-order valence-corrected chi connectivity index (χ0v) is 11.4. The summed E-state index contributed by atoms with van der Waals surface area (Å²) in [4.78, 5) is 22.1. The molecule has 0 saturated carbocycles. The molecule has 0 aliphatic heterocycles. The molecular weight excluding hydrogens is 268 g/mol. The minimum absolute atomic E-state index is 0.0314. The summed E-state index contributed by atoms with van der Waals surface area (Å²) in [6.07, 6.45) is 3.17. The fourth-order valence-corrected chi connectivity index (χ4v) is 1.88. The van der Waals surface area contributed by atoms with E-state index in [9.17, 15) is 14.9 Å². The summed E-state index contributed by atoms with van der Waals surface area (Å²) < 4.78 is 0. The molecule has 0 aliphatic rings. The predicted octanol–water partition coefficient (Wildman–Crippen LogP) is 3.53. The van der Waals surface area contributed by atoms with Crippen molar-refractivity contribution in [2.75, 3.05) is 12.4 Å². The highest BCUT2D eigenvalue weighted by Crippen LogP contribution is 2.17. The van der Waals surface area contributed by atoms with Crippen LogP contribution in [0.25, 0.3) is 6.08 Å². The van der Waals surface area contributed by atoms with E-state index < -0.39 is 4.92 Å². The highest BCUT2D eigenvalue weighted by molar-refractivity contribution is 6.07. The Morgan fingerprint density at radius 3 is 2.43 bits per heavy atom. The van der Waals surface area contributed by atoms with Gasteiger partial charge >= 0.3 is 0 Å². The molecule has 2 aromatic carbocycles. The first kappa shape index (κ1) is 14.5. The minimum atomic E-state index is -0.493. The summed E-state index contributed by atoms with van der Waals surface area (Å²) in [6.45, 7) is 0. The third-order valence-corrected chi connectivity index (χ3v) is 3.01. The van der Waals surface area contributed by atoms with Gasteiger partial charge in [-0.1, -0.05) is 18.2 Å². The Balaban J connectivity index is 2.17. The minimum Gasteiger partial charge on any atom is -0.388 e. The fourth-order valence-electron chi connectivity index (χ4n) is 1.88. The number of hydrogen-bond donors (Lipinski definition) is 1.